The first-order valence-electron chi connectivity index (χ1n) is 8.54. The predicted molar refractivity (Wildman–Crippen MR) is 107 cm³/mol. The van der Waals surface area contributed by atoms with E-state index in [9.17, 15) is 13.2 Å². The molecule has 1 heterocycles. The predicted octanol–water partition coefficient (Wildman–Crippen LogP) is 2.46. The van der Waals surface area contributed by atoms with Gasteiger partial charge in [-0.2, -0.15) is 0 Å². The Kier molecular flexibility index (Phi) is 5.64. The second-order valence-electron chi connectivity index (χ2n) is 6.63. The third-order valence-electron chi connectivity index (χ3n) is 4.19. The van der Waals surface area contributed by atoms with Crippen molar-refractivity contribution in [3.63, 3.8) is 0 Å². The second kappa shape index (κ2) is 7.97. The quantitative estimate of drug-likeness (QED) is 0.377. The lowest BCUT2D eigenvalue weighted by atomic mass is 10.1. The van der Waals surface area contributed by atoms with Crippen LogP contribution < -0.4 is 5.48 Å². The van der Waals surface area contributed by atoms with Gasteiger partial charge in [-0.05, 0) is 61.6 Å². The van der Waals surface area contributed by atoms with Gasteiger partial charge in [0, 0.05) is 24.2 Å². The Morgan fingerprint density at radius 3 is 2.50 bits per heavy atom. The monoisotopic (exact) mass is 399 g/mol. The number of carbonyl (C=O) groups is 1. The van der Waals surface area contributed by atoms with E-state index in [1.807, 2.05) is 31.1 Å². The van der Waals surface area contributed by atoms with Crippen molar-refractivity contribution in [2.75, 3.05) is 14.1 Å². The van der Waals surface area contributed by atoms with E-state index in [1.165, 1.54) is 27.8 Å². The topological polar surface area (TPSA) is 91.6 Å². The molecule has 3 rings (SSSR count). The summed E-state index contributed by atoms with van der Waals surface area (Å²) in [7, 11) is 0.187. The fraction of sp³-hybridized carbons (Fsp3) is 0.150. The molecule has 1 amide bonds. The molecule has 0 aliphatic carbocycles. The molecule has 0 spiro atoms. The molecule has 0 saturated carbocycles. The average molecular weight is 399 g/mol. The Hall–Kier alpha value is -2.94. The fourth-order valence-electron chi connectivity index (χ4n) is 2.90. The van der Waals surface area contributed by atoms with E-state index < -0.39 is 15.9 Å². The number of amides is 1. The molecule has 2 aromatic carbocycles. The lowest BCUT2D eigenvalue weighted by Gasteiger charge is -2.11. The number of benzene rings is 2. The van der Waals surface area contributed by atoms with Crippen LogP contribution in [0.5, 0.6) is 0 Å². The van der Waals surface area contributed by atoms with Crippen LogP contribution in [0.2, 0.25) is 0 Å². The summed E-state index contributed by atoms with van der Waals surface area (Å²) in [4.78, 5) is 13.3. The highest BCUT2D eigenvalue weighted by molar-refractivity contribution is 7.90. The molecule has 146 valence electrons. The molecule has 28 heavy (non-hydrogen) atoms. The number of hydrogen-bond acceptors (Lipinski definition) is 5. The van der Waals surface area contributed by atoms with Crippen molar-refractivity contribution in [1.29, 1.82) is 0 Å². The van der Waals surface area contributed by atoms with Gasteiger partial charge in [-0.15, -0.1) is 0 Å². The van der Waals surface area contributed by atoms with Crippen LogP contribution in [0.3, 0.4) is 0 Å². The van der Waals surface area contributed by atoms with E-state index in [0.29, 0.717) is 11.1 Å². The minimum Gasteiger partial charge on any atom is -0.305 e. The standard InChI is InChI=1S/C20H21N3O4S/c1-22(2)14-16-3-7-18(8-4-16)28(26,27)23-12-11-17-13-15(5-9-19(17)23)6-10-20(24)21-25/h3-13,25H,14H2,1-2H3,(H,21,24)/b10-6+. The fourth-order valence-corrected chi connectivity index (χ4v) is 4.26. The van der Waals surface area contributed by atoms with Crippen molar-refractivity contribution in [2.24, 2.45) is 0 Å². The van der Waals surface area contributed by atoms with E-state index in [1.54, 1.807) is 36.4 Å². The highest BCUT2D eigenvalue weighted by Crippen LogP contribution is 2.24. The molecule has 7 nitrogen and oxygen atoms in total. The van der Waals surface area contributed by atoms with E-state index in [-0.39, 0.29) is 4.90 Å². The van der Waals surface area contributed by atoms with Gasteiger partial charge in [0.25, 0.3) is 15.9 Å². The lowest BCUT2D eigenvalue weighted by Crippen LogP contribution is -2.14. The summed E-state index contributed by atoms with van der Waals surface area (Å²) in [5.41, 5.74) is 3.80. The molecule has 0 aliphatic heterocycles. The molecular formula is C20H21N3O4S. The van der Waals surface area contributed by atoms with Crippen molar-refractivity contribution in [3.8, 4) is 0 Å². The van der Waals surface area contributed by atoms with Gasteiger partial charge in [-0.1, -0.05) is 18.2 Å². The minimum absolute atomic E-state index is 0.219. The van der Waals surface area contributed by atoms with Crippen LogP contribution in [0.4, 0.5) is 0 Å². The van der Waals surface area contributed by atoms with E-state index in [0.717, 1.165) is 17.5 Å². The van der Waals surface area contributed by atoms with Crippen LogP contribution in [-0.2, 0) is 21.4 Å². The first kappa shape index (κ1) is 19.8. The van der Waals surface area contributed by atoms with Gasteiger partial charge in [-0.3, -0.25) is 10.0 Å². The summed E-state index contributed by atoms with van der Waals surface area (Å²) in [6.07, 6.45) is 4.23. The number of nitrogens with zero attached hydrogens (tertiary/aromatic N) is 2. The van der Waals surface area contributed by atoms with Gasteiger partial charge in [0.05, 0.1) is 10.4 Å². The van der Waals surface area contributed by atoms with Crippen molar-refractivity contribution in [2.45, 2.75) is 11.4 Å². The second-order valence-corrected chi connectivity index (χ2v) is 8.44. The zero-order valence-electron chi connectivity index (χ0n) is 15.5. The third-order valence-corrected chi connectivity index (χ3v) is 5.90. The van der Waals surface area contributed by atoms with Crippen LogP contribution in [0, 0.1) is 0 Å². The zero-order chi connectivity index (χ0) is 20.3. The highest BCUT2D eigenvalue weighted by atomic mass is 32.2. The number of hydrogen-bond donors (Lipinski definition) is 2. The van der Waals surface area contributed by atoms with Crippen molar-refractivity contribution >= 4 is 32.9 Å². The van der Waals surface area contributed by atoms with E-state index in [2.05, 4.69) is 0 Å². The number of carbonyl (C=O) groups excluding carboxylic acids is 1. The summed E-state index contributed by atoms with van der Waals surface area (Å²) in [5.74, 6) is -0.641. The first-order valence-corrected chi connectivity index (χ1v) is 9.98. The van der Waals surface area contributed by atoms with Crippen molar-refractivity contribution in [3.05, 3.63) is 71.9 Å². The Morgan fingerprint density at radius 2 is 1.86 bits per heavy atom. The molecule has 0 saturated heterocycles. The number of aromatic nitrogens is 1. The van der Waals surface area contributed by atoms with Crippen molar-refractivity contribution < 1.29 is 18.4 Å². The molecule has 3 aromatic rings. The molecule has 0 radical (unpaired) electrons. The van der Waals surface area contributed by atoms with Crippen LogP contribution in [-0.4, -0.2) is 42.5 Å². The normalized spacial score (nSPS) is 12.1. The summed E-state index contributed by atoms with van der Waals surface area (Å²) in [6.45, 7) is 0.734. The highest BCUT2D eigenvalue weighted by Gasteiger charge is 2.18. The van der Waals surface area contributed by atoms with Crippen LogP contribution >= 0.6 is 0 Å². The Labute approximate surface area is 163 Å². The van der Waals surface area contributed by atoms with E-state index >= 15 is 0 Å². The molecule has 1 aromatic heterocycles. The maximum absolute atomic E-state index is 13.0. The van der Waals surface area contributed by atoms with Gasteiger partial charge in [0.1, 0.15) is 0 Å². The van der Waals surface area contributed by atoms with Gasteiger partial charge in [-0.25, -0.2) is 17.9 Å². The third kappa shape index (κ3) is 4.14. The maximum atomic E-state index is 13.0. The van der Waals surface area contributed by atoms with Gasteiger partial charge in [0.15, 0.2) is 0 Å². The first-order chi connectivity index (χ1) is 13.3. The largest absolute Gasteiger partial charge is 0.305 e. The van der Waals surface area contributed by atoms with Crippen LogP contribution in [0.15, 0.2) is 65.7 Å². The lowest BCUT2D eigenvalue weighted by molar-refractivity contribution is -0.124. The molecule has 0 unspecified atom stereocenters. The SMILES string of the molecule is CN(C)Cc1ccc(S(=O)(=O)n2ccc3cc(/C=C/C(=O)NO)ccc32)cc1. The Morgan fingerprint density at radius 1 is 1.14 bits per heavy atom. The smallest absolute Gasteiger partial charge is 0.268 e. The molecule has 2 N–H and O–H groups in total. The van der Waals surface area contributed by atoms with Gasteiger partial charge >= 0.3 is 0 Å². The maximum Gasteiger partial charge on any atom is 0.268 e. The number of hydroxylamine groups is 1. The molecule has 0 bridgehead atoms. The summed E-state index contributed by atoms with van der Waals surface area (Å²) >= 11 is 0. The van der Waals surface area contributed by atoms with Crippen LogP contribution in [0.1, 0.15) is 11.1 Å². The average Bonchev–Trinajstić information content (AvgIpc) is 3.10. The minimum atomic E-state index is -3.72. The van der Waals surface area contributed by atoms with Crippen LogP contribution in [0.25, 0.3) is 17.0 Å². The molecule has 0 aliphatic rings. The van der Waals surface area contributed by atoms with Gasteiger partial charge < -0.3 is 4.90 Å². The van der Waals surface area contributed by atoms with E-state index in [4.69, 9.17) is 5.21 Å². The summed E-state index contributed by atoms with van der Waals surface area (Å²) in [6, 6.07) is 13.7. The molecular weight excluding hydrogens is 378 g/mol. The Balaban J connectivity index is 1.94. The number of fused-ring (bicyclic) bond motifs is 1. The summed E-state index contributed by atoms with van der Waals surface area (Å²) < 4.78 is 27.3. The number of nitrogens with one attached hydrogen (secondary N) is 1. The molecule has 0 atom stereocenters. The van der Waals surface area contributed by atoms with Crippen molar-refractivity contribution in [1.82, 2.24) is 14.4 Å². The molecule has 0 fully saturated rings. The zero-order valence-corrected chi connectivity index (χ0v) is 16.3. The van der Waals surface area contributed by atoms with Gasteiger partial charge in [0.2, 0.25) is 0 Å². The Bertz CT molecular complexity index is 1130. The summed E-state index contributed by atoms with van der Waals surface area (Å²) in [5, 5.41) is 9.24. The number of rotatable bonds is 6. The molecule has 8 heteroatoms.